The highest BCUT2D eigenvalue weighted by Crippen LogP contribution is 2.25. The molecule has 0 aliphatic rings. The van der Waals surface area contributed by atoms with Gasteiger partial charge >= 0.3 is 0 Å². The molecule has 0 aromatic heterocycles. The number of carbonyl (C=O) groups is 1. The van der Waals surface area contributed by atoms with Crippen LogP contribution >= 0.6 is 39.1 Å². The lowest BCUT2D eigenvalue weighted by Gasteiger charge is -2.11. The maximum atomic E-state index is 11.9. The highest BCUT2D eigenvalue weighted by Gasteiger charge is 2.07. The quantitative estimate of drug-likeness (QED) is 0.764. The number of anilines is 2. The molecule has 0 aliphatic heterocycles. The second-order valence-corrected chi connectivity index (χ2v) is 6.24. The van der Waals surface area contributed by atoms with E-state index in [0.717, 1.165) is 15.7 Å². The van der Waals surface area contributed by atoms with Crippen LogP contribution < -0.4 is 10.6 Å². The van der Waals surface area contributed by atoms with Crippen LogP contribution in [0, 0.1) is 6.92 Å². The van der Waals surface area contributed by atoms with Gasteiger partial charge in [-0.1, -0.05) is 39.1 Å². The number of aryl methyl sites for hydroxylation is 1. The minimum absolute atomic E-state index is 0.122. The molecule has 0 heterocycles. The second kappa shape index (κ2) is 7.16. The molecule has 6 heteroatoms. The number of carbonyl (C=O) groups excluding carboxylic acids is 1. The molecular formula is C15H13BrCl2N2O. The van der Waals surface area contributed by atoms with Crippen LogP contribution in [-0.2, 0) is 4.79 Å². The summed E-state index contributed by atoms with van der Waals surface area (Å²) in [5.74, 6) is -0.147. The van der Waals surface area contributed by atoms with Crippen molar-refractivity contribution in [3.05, 3.63) is 56.5 Å². The largest absolute Gasteiger partial charge is 0.375 e. The average molecular weight is 388 g/mol. The van der Waals surface area contributed by atoms with Gasteiger partial charge in [0.25, 0.3) is 0 Å². The first-order valence-corrected chi connectivity index (χ1v) is 7.75. The maximum absolute atomic E-state index is 11.9. The van der Waals surface area contributed by atoms with Crippen LogP contribution in [0.5, 0.6) is 0 Å². The molecule has 2 aromatic rings. The van der Waals surface area contributed by atoms with Crippen molar-refractivity contribution in [1.29, 1.82) is 0 Å². The third-order valence-electron chi connectivity index (χ3n) is 2.83. The number of amides is 1. The summed E-state index contributed by atoms with van der Waals surface area (Å²) in [6, 6.07) is 10.8. The van der Waals surface area contributed by atoms with Crippen molar-refractivity contribution in [2.45, 2.75) is 6.92 Å². The Morgan fingerprint density at radius 2 is 1.86 bits per heavy atom. The lowest BCUT2D eigenvalue weighted by Crippen LogP contribution is -2.22. The lowest BCUT2D eigenvalue weighted by molar-refractivity contribution is -0.114. The third kappa shape index (κ3) is 4.63. The van der Waals surface area contributed by atoms with Crippen molar-refractivity contribution in [3.63, 3.8) is 0 Å². The van der Waals surface area contributed by atoms with Crippen LogP contribution in [0.4, 0.5) is 11.4 Å². The molecule has 0 aliphatic carbocycles. The maximum Gasteiger partial charge on any atom is 0.243 e. The summed E-state index contributed by atoms with van der Waals surface area (Å²) in [5, 5.41) is 6.86. The Labute approximate surface area is 141 Å². The van der Waals surface area contributed by atoms with Crippen molar-refractivity contribution < 1.29 is 4.79 Å². The van der Waals surface area contributed by atoms with E-state index >= 15 is 0 Å². The Kier molecular flexibility index (Phi) is 5.51. The molecule has 0 radical (unpaired) electrons. The van der Waals surface area contributed by atoms with E-state index in [1.165, 1.54) is 0 Å². The molecule has 21 heavy (non-hydrogen) atoms. The molecule has 0 bridgehead atoms. The molecule has 0 saturated heterocycles. The van der Waals surface area contributed by atoms with Crippen molar-refractivity contribution in [2.75, 3.05) is 17.2 Å². The number of hydrogen-bond acceptors (Lipinski definition) is 2. The zero-order valence-corrected chi connectivity index (χ0v) is 14.3. The Bertz CT molecular complexity index is 677. The fourth-order valence-corrected chi connectivity index (χ4v) is 2.72. The minimum Gasteiger partial charge on any atom is -0.375 e. The molecule has 0 spiro atoms. The zero-order valence-electron chi connectivity index (χ0n) is 11.2. The van der Waals surface area contributed by atoms with E-state index < -0.39 is 0 Å². The monoisotopic (exact) mass is 386 g/mol. The van der Waals surface area contributed by atoms with Crippen molar-refractivity contribution >= 4 is 56.4 Å². The fourth-order valence-electron chi connectivity index (χ4n) is 1.77. The minimum atomic E-state index is -0.147. The predicted octanol–water partition coefficient (Wildman–Crippen LogP) is 5.11. The predicted molar refractivity (Wildman–Crippen MR) is 92.5 cm³/mol. The number of rotatable bonds is 4. The molecule has 1 amide bonds. The topological polar surface area (TPSA) is 41.1 Å². The SMILES string of the molecule is Cc1cc(Br)ccc1NC(=O)CNc1ccc(Cl)cc1Cl. The lowest BCUT2D eigenvalue weighted by atomic mass is 10.2. The highest BCUT2D eigenvalue weighted by atomic mass is 79.9. The summed E-state index contributed by atoms with van der Waals surface area (Å²) in [4.78, 5) is 11.9. The second-order valence-electron chi connectivity index (χ2n) is 4.49. The van der Waals surface area contributed by atoms with E-state index in [4.69, 9.17) is 23.2 Å². The van der Waals surface area contributed by atoms with Crippen molar-refractivity contribution in [3.8, 4) is 0 Å². The molecule has 110 valence electrons. The van der Waals surface area contributed by atoms with Gasteiger partial charge < -0.3 is 10.6 Å². The number of nitrogens with one attached hydrogen (secondary N) is 2. The van der Waals surface area contributed by atoms with Crippen LogP contribution in [0.25, 0.3) is 0 Å². The van der Waals surface area contributed by atoms with Gasteiger partial charge in [-0.15, -0.1) is 0 Å². The van der Waals surface area contributed by atoms with E-state index in [2.05, 4.69) is 26.6 Å². The van der Waals surface area contributed by atoms with Gasteiger partial charge in [-0.2, -0.15) is 0 Å². The molecule has 3 nitrogen and oxygen atoms in total. The zero-order chi connectivity index (χ0) is 15.4. The van der Waals surface area contributed by atoms with E-state index in [0.29, 0.717) is 15.7 Å². The summed E-state index contributed by atoms with van der Waals surface area (Å²) in [5.41, 5.74) is 2.44. The first kappa shape index (κ1) is 16.1. The Hall–Kier alpha value is -1.23. The van der Waals surface area contributed by atoms with E-state index in [1.807, 2.05) is 25.1 Å². The van der Waals surface area contributed by atoms with Gasteiger partial charge in [0.1, 0.15) is 0 Å². The van der Waals surface area contributed by atoms with Gasteiger partial charge in [0.2, 0.25) is 5.91 Å². The average Bonchev–Trinajstić information content (AvgIpc) is 2.41. The summed E-state index contributed by atoms with van der Waals surface area (Å²) < 4.78 is 0.976. The van der Waals surface area contributed by atoms with Crippen molar-refractivity contribution in [1.82, 2.24) is 0 Å². The number of hydrogen-bond donors (Lipinski definition) is 2. The van der Waals surface area contributed by atoms with Crippen LogP contribution in [0.3, 0.4) is 0 Å². The van der Waals surface area contributed by atoms with Crippen LogP contribution in [-0.4, -0.2) is 12.5 Å². The standard InChI is InChI=1S/C15H13BrCl2N2O/c1-9-6-10(16)2-4-13(9)20-15(21)8-19-14-5-3-11(17)7-12(14)18/h2-7,19H,8H2,1H3,(H,20,21). The van der Waals surface area contributed by atoms with E-state index in [1.54, 1.807) is 18.2 Å². The van der Waals surface area contributed by atoms with Gasteiger partial charge in [0.05, 0.1) is 17.3 Å². The Morgan fingerprint density at radius 3 is 2.52 bits per heavy atom. The number of benzene rings is 2. The summed E-state index contributed by atoms with van der Waals surface area (Å²) in [7, 11) is 0. The Balaban J connectivity index is 1.96. The van der Waals surface area contributed by atoms with Gasteiger partial charge in [0, 0.05) is 15.2 Å². The molecule has 0 unspecified atom stereocenters. The molecule has 2 rings (SSSR count). The third-order valence-corrected chi connectivity index (χ3v) is 3.87. The van der Waals surface area contributed by atoms with E-state index in [9.17, 15) is 4.79 Å². The van der Waals surface area contributed by atoms with Gasteiger partial charge in [-0.3, -0.25) is 4.79 Å². The van der Waals surface area contributed by atoms with Crippen molar-refractivity contribution in [2.24, 2.45) is 0 Å². The summed E-state index contributed by atoms with van der Waals surface area (Å²) >= 11 is 15.2. The van der Waals surface area contributed by atoms with Crippen LogP contribution in [0.15, 0.2) is 40.9 Å². The fraction of sp³-hybridized carbons (Fsp3) is 0.133. The molecular weight excluding hydrogens is 375 g/mol. The molecule has 2 aromatic carbocycles. The number of halogens is 3. The first-order chi connectivity index (χ1) is 9.95. The molecule has 0 atom stereocenters. The van der Waals surface area contributed by atoms with Gasteiger partial charge in [0.15, 0.2) is 0 Å². The smallest absolute Gasteiger partial charge is 0.243 e. The first-order valence-electron chi connectivity index (χ1n) is 6.20. The van der Waals surface area contributed by atoms with Gasteiger partial charge in [-0.25, -0.2) is 0 Å². The highest BCUT2D eigenvalue weighted by molar-refractivity contribution is 9.10. The molecule has 2 N–H and O–H groups in total. The Morgan fingerprint density at radius 1 is 1.14 bits per heavy atom. The van der Waals surface area contributed by atoms with Crippen LogP contribution in [0.2, 0.25) is 10.0 Å². The molecule has 0 fully saturated rings. The van der Waals surface area contributed by atoms with Gasteiger partial charge in [-0.05, 0) is 48.9 Å². The van der Waals surface area contributed by atoms with Crippen LogP contribution in [0.1, 0.15) is 5.56 Å². The van der Waals surface area contributed by atoms with E-state index in [-0.39, 0.29) is 12.5 Å². The summed E-state index contributed by atoms with van der Waals surface area (Å²) in [6.45, 7) is 2.06. The summed E-state index contributed by atoms with van der Waals surface area (Å²) in [6.07, 6.45) is 0. The normalized spacial score (nSPS) is 10.3. The molecule has 0 saturated carbocycles.